The lowest BCUT2D eigenvalue weighted by molar-refractivity contribution is -0.131. The van der Waals surface area contributed by atoms with Crippen LogP contribution in [0.25, 0.3) is 5.57 Å². The second-order valence-electron chi connectivity index (χ2n) is 5.81. The van der Waals surface area contributed by atoms with Crippen molar-refractivity contribution >= 4 is 11.5 Å². The van der Waals surface area contributed by atoms with Gasteiger partial charge in [0.2, 0.25) is 6.79 Å². The van der Waals surface area contributed by atoms with Crippen molar-refractivity contribution in [1.29, 1.82) is 0 Å². The van der Waals surface area contributed by atoms with Gasteiger partial charge in [0.25, 0.3) is 0 Å². The zero-order valence-electron chi connectivity index (χ0n) is 11.4. The second kappa shape index (κ2) is 4.96. The number of carboxylic acids is 1. The molecule has 4 heteroatoms. The van der Waals surface area contributed by atoms with E-state index < -0.39 is 5.97 Å². The Labute approximate surface area is 112 Å². The van der Waals surface area contributed by atoms with E-state index in [-0.39, 0.29) is 12.2 Å². The molecule has 1 heterocycles. The fourth-order valence-corrected chi connectivity index (χ4v) is 2.05. The average Bonchev–Trinajstić information content (AvgIpc) is 2.72. The number of rotatable bonds is 3. The van der Waals surface area contributed by atoms with Crippen LogP contribution < -0.4 is 9.47 Å². The molecule has 0 saturated heterocycles. The van der Waals surface area contributed by atoms with E-state index in [2.05, 4.69) is 20.8 Å². The van der Waals surface area contributed by atoms with Gasteiger partial charge in [-0.3, -0.25) is 0 Å². The van der Waals surface area contributed by atoms with Gasteiger partial charge in [-0.1, -0.05) is 26.8 Å². The van der Waals surface area contributed by atoms with Gasteiger partial charge in [0.1, 0.15) is 0 Å². The summed E-state index contributed by atoms with van der Waals surface area (Å²) >= 11 is 0. The fraction of sp³-hybridized carbons (Fsp3) is 0.400. The molecule has 0 amide bonds. The molecular formula is C15H18O4. The molecule has 4 nitrogen and oxygen atoms in total. The highest BCUT2D eigenvalue weighted by atomic mass is 16.7. The maximum Gasteiger partial charge on any atom is 0.328 e. The summed E-state index contributed by atoms with van der Waals surface area (Å²) in [6, 6.07) is 5.52. The van der Waals surface area contributed by atoms with E-state index in [1.54, 1.807) is 0 Å². The van der Waals surface area contributed by atoms with Gasteiger partial charge in [-0.2, -0.15) is 0 Å². The van der Waals surface area contributed by atoms with Crippen molar-refractivity contribution in [2.75, 3.05) is 6.79 Å². The van der Waals surface area contributed by atoms with E-state index in [0.29, 0.717) is 17.9 Å². The molecule has 1 aromatic carbocycles. The first-order chi connectivity index (χ1) is 8.85. The van der Waals surface area contributed by atoms with Crippen LogP contribution >= 0.6 is 0 Å². The smallest absolute Gasteiger partial charge is 0.328 e. The van der Waals surface area contributed by atoms with Crippen LogP contribution in [0.5, 0.6) is 11.5 Å². The van der Waals surface area contributed by atoms with Gasteiger partial charge in [-0.05, 0) is 35.1 Å². The minimum Gasteiger partial charge on any atom is -0.478 e. The third-order valence-corrected chi connectivity index (χ3v) is 2.76. The van der Waals surface area contributed by atoms with Crippen molar-refractivity contribution in [2.45, 2.75) is 27.2 Å². The molecule has 0 aliphatic carbocycles. The Morgan fingerprint density at radius 2 is 2.00 bits per heavy atom. The van der Waals surface area contributed by atoms with Crippen molar-refractivity contribution in [3.8, 4) is 11.5 Å². The Hall–Kier alpha value is -1.97. The molecule has 0 saturated carbocycles. The second-order valence-corrected chi connectivity index (χ2v) is 5.81. The first kappa shape index (κ1) is 13.5. The molecule has 2 rings (SSSR count). The van der Waals surface area contributed by atoms with Gasteiger partial charge in [-0.15, -0.1) is 0 Å². The SMILES string of the molecule is CC(C)(C)C/C(=C/C(=O)O)c1ccc2c(c1)OCO2. The van der Waals surface area contributed by atoms with Gasteiger partial charge in [0.05, 0.1) is 0 Å². The Morgan fingerprint density at radius 1 is 1.32 bits per heavy atom. The standard InChI is InChI=1S/C15H18O4/c1-15(2,3)8-11(7-14(16)17)10-4-5-12-13(6-10)19-9-18-12/h4-7H,8-9H2,1-3H3,(H,16,17)/b11-7-. The predicted octanol–water partition coefficient (Wildman–Crippen LogP) is 3.32. The van der Waals surface area contributed by atoms with Gasteiger partial charge in [-0.25, -0.2) is 4.79 Å². The molecule has 0 spiro atoms. The Bertz CT molecular complexity index is 523. The largest absolute Gasteiger partial charge is 0.478 e. The molecule has 0 atom stereocenters. The van der Waals surface area contributed by atoms with Crippen LogP contribution in [-0.2, 0) is 4.79 Å². The quantitative estimate of drug-likeness (QED) is 0.849. The number of benzene rings is 1. The van der Waals surface area contributed by atoms with Crippen molar-refractivity contribution in [1.82, 2.24) is 0 Å². The average molecular weight is 262 g/mol. The number of allylic oxidation sites excluding steroid dienone is 1. The van der Waals surface area contributed by atoms with Gasteiger partial charge in [0.15, 0.2) is 11.5 Å². The van der Waals surface area contributed by atoms with Crippen molar-refractivity contribution in [2.24, 2.45) is 5.41 Å². The first-order valence-corrected chi connectivity index (χ1v) is 6.19. The highest BCUT2D eigenvalue weighted by Gasteiger charge is 2.19. The van der Waals surface area contributed by atoms with Crippen molar-refractivity contribution < 1.29 is 19.4 Å². The fourth-order valence-electron chi connectivity index (χ4n) is 2.05. The van der Waals surface area contributed by atoms with E-state index in [9.17, 15) is 4.79 Å². The Kier molecular flexibility index (Phi) is 3.51. The molecule has 0 bridgehead atoms. The lowest BCUT2D eigenvalue weighted by atomic mass is 9.85. The van der Waals surface area contributed by atoms with E-state index in [1.807, 2.05) is 18.2 Å². The van der Waals surface area contributed by atoms with Gasteiger partial charge >= 0.3 is 5.97 Å². The lowest BCUT2D eigenvalue weighted by Gasteiger charge is -2.20. The van der Waals surface area contributed by atoms with E-state index in [1.165, 1.54) is 6.08 Å². The maximum atomic E-state index is 11.0. The summed E-state index contributed by atoms with van der Waals surface area (Å²) in [7, 11) is 0. The van der Waals surface area contributed by atoms with Crippen LogP contribution in [0.1, 0.15) is 32.8 Å². The molecule has 1 aliphatic heterocycles. The van der Waals surface area contributed by atoms with Crippen molar-refractivity contribution in [3.05, 3.63) is 29.8 Å². The molecule has 1 N–H and O–H groups in total. The van der Waals surface area contributed by atoms with Crippen molar-refractivity contribution in [3.63, 3.8) is 0 Å². The summed E-state index contributed by atoms with van der Waals surface area (Å²) in [5.41, 5.74) is 1.66. The molecule has 0 aromatic heterocycles. The van der Waals surface area contributed by atoms with E-state index in [4.69, 9.17) is 14.6 Å². The maximum absolute atomic E-state index is 11.0. The third kappa shape index (κ3) is 3.50. The minimum atomic E-state index is -0.933. The minimum absolute atomic E-state index is 0.0116. The van der Waals surface area contributed by atoms with Crippen LogP contribution in [-0.4, -0.2) is 17.9 Å². The molecule has 19 heavy (non-hydrogen) atoms. The topological polar surface area (TPSA) is 55.8 Å². The number of ether oxygens (including phenoxy) is 2. The summed E-state index contributed by atoms with van der Waals surface area (Å²) < 4.78 is 10.6. The number of carbonyl (C=O) groups is 1. The normalized spacial score (nSPS) is 14.6. The van der Waals surface area contributed by atoms with Crippen LogP contribution in [0.3, 0.4) is 0 Å². The summed E-state index contributed by atoms with van der Waals surface area (Å²) in [5.74, 6) is 0.439. The number of hydrogen-bond donors (Lipinski definition) is 1. The van der Waals surface area contributed by atoms with Crippen LogP contribution in [0.2, 0.25) is 0 Å². The summed E-state index contributed by atoms with van der Waals surface area (Å²) in [6.45, 7) is 6.46. The van der Waals surface area contributed by atoms with Crippen LogP contribution in [0.15, 0.2) is 24.3 Å². The van der Waals surface area contributed by atoms with E-state index >= 15 is 0 Å². The Morgan fingerprint density at radius 3 is 2.63 bits per heavy atom. The molecule has 1 aromatic rings. The van der Waals surface area contributed by atoms with Crippen LogP contribution in [0, 0.1) is 5.41 Å². The molecule has 0 unspecified atom stereocenters. The van der Waals surface area contributed by atoms with Gasteiger partial charge < -0.3 is 14.6 Å². The number of fused-ring (bicyclic) bond motifs is 1. The zero-order chi connectivity index (χ0) is 14.0. The summed E-state index contributed by atoms with van der Waals surface area (Å²) in [5, 5.41) is 9.00. The summed E-state index contributed by atoms with van der Waals surface area (Å²) in [4.78, 5) is 11.0. The number of hydrogen-bond acceptors (Lipinski definition) is 3. The highest BCUT2D eigenvalue weighted by Crippen LogP contribution is 2.37. The molecule has 102 valence electrons. The summed E-state index contributed by atoms with van der Waals surface area (Å²) in [6.07, 6.45) is 1.95. The van der Waals surface area contributed by atoms with Crippen LogP contribution in [0.4, 0.5) is 0 Å². The number of aliphatic carboxylic acids is 1. The first-order valence-electron chi connectivity index (χ1n) is 6.19. The van der Waals surface area contributed by atoms with Gasteiger partial charge in [0, 0.05) is 6.08 Å². The Balaban J connectivity index is 2.36. The molecular weight excluding hydrogens is 244 g/mol. The number of carboxylic acid groups (broad SMARTS) is 1. The molecule has 1 aliphatic rings. The predicted molar refractivity (Wildman–Crippen MR) is 72.2 cm³/mol. The highest BCUT2D eigenvalue weighted by molar-refractivity contribution is 5.90. The zero-order valence-corrected chi connectivity index (χ0v) is 11.4. The lowest BCUT2D eigenvalue weighted by Crippen LogP contribution is -2.07. The third-order valence-electron chi connectivity index (χ3n) is 2.76. The monoisotopic (exact) mass is 262 g/mol. The molecule has 0 radical (unpaired) electrons. The molecule has 0 fully saturated rings. The van der Waals surface area contributed by atoms with E-state index in [0.717, 1.165) is 11.1 Å².